The van der Waals surface area contributed by atoms with Gasteiger partial charge in [-0.3, -0.25) is 0 Å². The monoisotopic (exact) mass is 256 g/mol. The molecule has 1 aromatic rings. The molecule has 0 bridgehead atoms. The first-order valence-corrected chi connectivity index (χ1v) is 5.67. The molecule has 3 nitrogen and oxygen atoms in total. The molecule has 1 aliphatic heterocycles. The highest BCUT2D eigenvalue weighted by atomic mass is 35.5. The van der Waals surface area contributed by atoms with Crippen LogP contribution in [0.1, 0.15) is 0 Å². The van der Waals surface area contributed by atoms with Crippen LogP contribution >= 0.6 is 23.2 Å². The Morgan fingerprint density at radius 2 is 2.25 bits per heavy atom. The van der Waals surface area contributed by atoms with Gasteiger partial charge in [-0.15, -0.1) is 0 Å². The van der Waals surface area contributed by atoms with E-state index in [-0.39, 0.29) is 6.04 Å². The van der Waals surface area contributed by atoms with Crippen molar-refractivity contribution in [3.63, 3.8) is 0 Å². The number of rotatable bonds is 1. The van der Waals surface area contributed by atoms with Crippen LogP contribution in [0.3, 0.4) is 0 Å². The molecular weight excluding hydrogens is 247 g/mol. The summed E-state index contributed by atoms with van der Waals surface area (Å²) in [7, 11) is 0. The minimum absolute atomic E-state index is 0.285. The van der Waals surface area contributed by atoms with Crippen molar-refractivity contribution in [1.29, 1.82) is 5.26 Å². The summed E-state index contributed by atoms with van der Waals surface area (Å²) in [6.07, 6.45) is 0. The quantitative estimate of drug-likeness (QED) is 0.776. The zero-order valence-corrected chi connectivity index (χ0v) is 10.0. The first-order valence-electron chi connectivity index (χ1n) is 4.91. The van der Waals surface area contributed by atoms with E-state index in [1.165, 1.54) is 0 Å². The molecule has 1 unspecified atom stereocenters. The van der Waals surface area contributed by atoms with Crippen LogP contribution in [0.25, 0.3) is 0 Å². The zero-order valence-electron chi connectivity index (χ0n) is 8.49. The summed E-state index contributed by atoms with van der Waals surface area (Å²) in [4.78, 5) is 1.95. The number of morpholine rings is 1. The van der Waals surface area contributed by atoms with Gasteiger partial charge >= 0.3 is 0 Å². The molecule has 1 heterocycles. The van der Waals surface area contributed by atoms with Crippen LogP contribution in [-0.4, -0.2) is 25.8 Å². The highest BCUT2D eigenvalue weighted by Crippen LogP contribution is 2.30. The topological polar surface area (TPSA) is 36.3 Å². The highest BCUT2D eigenvalue weighted by molar-refractivity contribution is 6.36. The Bertz CT molecular complexity index is 430. The minimum atomic E-state index is -0.285. The number of hydrogen-bond acceptors (Lipinski definition) is 3. The van der Waals surface area contributed by atoms with Gasteiger partial charge in [0.25, 0.3) is 0 Å². The molecule has 1 atom stereocenters. The lowest BCUT2D eigenvalue weighted by Crippen LogP contribution is -2.44. The summed E-state index contributed by atoms with van der Waals surface area (Å²) in [5.41, 5.74) is 0.834. The fraction of sp³-hybridized carbons (Fsp3) is 0.364. The summed E-state index contributed by atoms with van der Waals surface area (Å²) in [5.74, 6) is 0. The molecule has 1 saturated heterocycles. The lowest BCUT2D eigenvalue weighted by molar-refractivity contribution is 0.107. The summed E-state index contributed by atoms with van der Waals surface area (Å²) < 4.78 is 5.25. The third-order valence-electron chi connectivity index (χ3n) is 2.50. The highest BCUT2D eigenvalue weighted by Gasteiger charge is 2.24. The standard InChI is InChI=1S/C11H10Cl2N2O/c12-8-1-2-11(10(13)5-8)15-3-4-16-7-9(15)6-14/h1-2,5,9H,3-4,7H2. The van der Waals surface area contributed by atoms with Gasteiger partial charge in [-0.1, -0.05) is 23.2 Å². The molecule has 0 spiro atoms. The summed E-state index contributed by atoms with van der Waals surface area (Å²) in [5, 5.41) is 10.2. The van der Waals surface area contributed by atoms with Gasteiger partial charge < -0.3 is 9.64 Å². The van der Waals surface area contributed by atoms with Crippen LogP contribution in [-0.2, 0) is 4.74 Å². The summed E-state index contributed by atoms with van der Waals surface area (Å²) in [6.45, 7) is 1.69. The Labute approximate surface area is 104 Å². The van der Waals surface area contributed by atoms with Gasteiger partial charge in [0.2, 0.25) is 0 Å². The molecule has 0 radical (unpaired) electrons. The van der Waals surface area contributed by atoms with E-state index >= 15 is 0 Å². The van der Waals surface area contributed by atoms with Crippen molar-refractivity contribution in [3.05, 3.63) is 28.2 Å². The van der Waals surface area contributed by atoms with Crippen molar-refractivity contribution in [3.8, 4) is 6.07 Å². The number of anilines is 1. The van der Waals surface area contributed by atoms with Crippen molar-refractivity contribution >= 4 is 28.9 Å². The molecule has 1 aromatic carbocycles. The molecule has 1 aliphatic rings. The molecule has 5 heteroatoms. The minimum Gasteiger partial charge on any atom is -0.376 e. The van der Waals surface area contributed by atoms with Crippen molar-refractivity contribution in [2.24, 2.45) is 0 Å². The van der Waals surface area contributed by atoms with E-state index in [1.54, 1.807) is 12.1 Å². The molecule has 1 fully saturated rings. The van der Waals surface area contributed by atoms with Crippen LogP contribution in [0.2, 0.25) is 10.0 Å². The average Bonchev–Trinajstić information content (AvgIpc) is 2.29. The summed E-state index contributed by atoms with van der Waals surface area (Å²) in [6, 6.07) is 7.21. The predicted molar refractivity (Wildman–Crippen MR) is 64.0 cm³/mol. The van der Waals surface area contributed by atoms with E-state index in [0.29, 0.717) is 29.8 Å². The average molecular weight is 257 g/mol. The van der Waals surface area contributed by atoms with Gasteiger partial charge in [-0.05, 0) is 18.2 Å². The lowest BCUT2D eigenvalue weighted by Gasteiger charge is -2.33. The number of nitrogens with zero attached hydrogens (tertiary/aromatic N) is 2. The van der Waals surface area contributed by atoms with E-state index in [4.69, 9.17) is 33.2 Å². The smallest absolute Gasteiger partial charge is 0.140 e. The van der Waals surface area contributed by atoms with Crippen molar-refractivity contribution in [2.45, 2.75) is 6.04 Å². The fourth-order valence-corrected chi connectivity index (χ4v) is 2.23. The van der Waals surface area contributed by atoms with Crippen LogP contribution in [0.15, 0.2) is 18.2 Å². The predicted octanol–water partition coefficient (Wildman–Crippen LogP) is 2.72. The van der Waals surface area contributed by atoms with E-state index in [0.717, 1.165) is 5.69 Å². The second-order valence-electron chi connectivity index (χ2n) is 3.51. The molecule has 16 heavy (non-hydrogen) atoms. The number of benzene rings is 1. The maximum absolute atomic E-state index is 9.03. The van der Waals surface area contributed by atoms with Crippen LogP contribution in [0.5, 0.6) is 0 Å². The Morgan fingerprint density at radius 1 is 1.44 bits per heavy atom. The van der Waals surface area contributed by atoms with Gasteiger partial charge in [0, 0.05) is 11.6 Å². The SMILES string of the molecule is N#CC1COCCN1c1ccc(Cl)cc1Cl. The molecule has 0 amide bonds. The molecule has 0 aromatic heterocycles. The molecule has 2 rings (SSSR count). The molecular formula is C11H10Cl2N2O. The van der Waals surface area contributed by atoms with E-state index in [9.17, 15) is 0 Å². The van der Waals surface area contributed by atoms with Crippen molar-refractivity contribution < 1.29 is 4.74 Å². The number of hydrogen-bond donors (Lipinski definition) is 0. The van der Waals surface area contributed by atoms with E-state index in [1.807, 2.05) is 11.0 Å². The van der Waals surface area contributed by atoms with Gasteiger partial charge in [-0.2, -0.15) is 5.26 Å². The molecule has 0 aliphatic carbocycles. The van der Waals surface area contributed by atoms with Gasteiger partial charge in [-0.25, -0.2) is 0 Å². The number of ether oxygens (including phenoxy) is 1. The Hall–Kier alpha value is -0.950. The van der Waals surface area contributed by atoms with Crippen molar-refractivity contribution in [1.82, 2.24) is 0 Å². The van der Waals surface area contributed by atoms with Crippen LogP contribution in [0.4, 0.5) is 5.69 Å². The molecule has 0 N–H and O–H groups in total. The van der Waals surface area contributed by atoms with E-state index in [2.05, 4.69) is 6.07 Å². The second kappa shape index (κ2) is 4.92. The first-order chi connectivity index (χ1) is 7.72. The van der Waals surface area contributed by atoms with Gasteiger partial charge in [0.05, 0.1) is 30.0 Å². The summed E-state index contributed by atoms with van der Waals surface area (Å²) >= 11 is 11.9. The third kappa shape index (κ3) is 2.25. The van der Waals surface area contributed by atoms with Crippen molar-refractivity contribution in [2.75, 3.05) is 24.7 Å². The van der Waals surface area contributed by atoms with E-state index < -0.39 is 0 Å². The second-order valence-corrected chi connectivity index (χ2v) is 4.35. The van der Waals surface area contributed by atoms with Gasteiger partial charge in [0.1, 0.15) is 6.04 Å². The first kappa shape index (κ1) is 11.5. The zero-order chi connectivity index (χ0) is 11.5. The Kier molecular flexibility index (Phi) is 3.55. The van der Waals surface area contributed by atoms with Gasteiger partial charge in [0.15, 0.2) is 0 Å². The third-order valence-corrected chi connectivity index (χ3v) is 3.03. The molecule has 0 saturated carbocycles. The normalized spacial score (nSPS) is 20.6. The largest absolute Gasteiger partial charge is 0.376 e. The Balaban J connectivity index is 2.31. The Morgan fingerprint density at radius 3 is 2.94 bits per heavy atom. The van der Waals surface area contributed by atoms with Crippen LogP contribution < -0.4 is 4.90 Å². The molecule has 84 valence electrons. The number of nitriles is 1. The maximum atomic E-state index is 9.03. The fourth-order valence-electron chi connectivity index (χ4n) is 1.71. The maximum Gasteiger partial charge on any atom is 0.140 e. The van der Waals surface area contributed by atoms with Crippen LogP contribution in [0, 0.1) is 11.3 Å². The lowest BCUT2D eigenvalue weighted by atomic mass is 10.2. The number of halogens is 2.